The fraction of sp³-hybridized carbons (Fsp3) is 0.423. The summed E-state index contributed by atoms with van der Waals surface area (Å²) >= 11 is 0. The maximum absolute atomic E-state index is 12.7. The van der Waals surface area contributed by atoms with E-state index < -0.39 is 36.3 Å². The van der Waals surface area contributed by atoms with Gasteiger partial charge in [0, 0.05) is 6.42 Å². The highest BCUT2D eigenvalue weighted by molar-refractivity contribution is 5.82. The van der Waals surface area contributed by atoms with E-state index >= 15 is 0 Å². The molecule has 2 aromatic rings. The summed E-state index contributed by atoms with van der Waals surface area (Å²) in [7, 11) is 0. The van der Waals surface area contributed by atoms with Crippen LogP contribution in [0.5, 0.6) is 0 Å². The van der Waals surface area contributed by atoms with Gasteiger partial charge in [0.1, 0.15) is 25.9 Å². The predicted octanol–water partition coefficient (Wildman–Crippen LogP) is 3.13. The minimum atomic E-state index is -1.10. The molecule has 35 heavy (non-hydrogen) atoms. The minimum Gasteiger partial charge on any atom is -0.463 e. The van der Waals surface area contributed by atoms with E-state index in [9.17, 15) is 19.5 Å². The number of rotatable bonds is 14. The van der Waals surface area contributed by atoms with E-state index in [-0.39, 0.29) is 39.3 Å². The highest BCUT2D eigenvalue weighted by Gasteiger charge is 2.25. The predicted molar refractivity (Wildman–Crippen MR) is 127 cm³/mol. The van der Waals surface area contributed by atoms with Gasteiger partial charge in [-0.2, -0.15) is 0 Å². The van der Waals surface area contributed by atoms with Crippen molar-refractivity contribution in [1.29, 1.82) is 0 Å². The quantitative estimate of drug-likeness (QED) is 0.308. The molecule has 0 aromatic heterocycles. The summed E-state index contributed by atoms with van der Waals surface area (Å²) in [5.41, 5.74) is 1.58. The van der Waals surface area contributed by atoms with E-state index in [1.54, 1.807) is 26.0 Å². The third-order valence-corrected chi connectivity index (χ3v) is 4.75. The van der Waals surface area contributed by atoms with Crippen molar-refractivity contribution in [3.05, 3.63) is 71.8 Å². The van der Waals surface area contributed by atoms with Gasteiger partial charge in [-0.05, 0) is 31.4 Å². The van der Waals surface area contributed by atoms with Gasteiger partial charge in [0.25, 0.3) is 0 Å². The van der Waals surface area contributed by atoms with Gasteiger partial charge in [0.15, 0.2) is 0 Å². The molecule has 0 aliphatic carbocycles. The van der Waals surface area contributed by atoms with E-state index in [1.165, 1.54) is 0 Å². The number of carbonyl (C=O) groups is 3. The molecule has 3 unspecified atom stereocenters. The standard InChI is InChI=1S/C26H33NO8/c1-19(28)15-32-20(2)16-33-24(29)14-13-23(25(30)34-17-21-9-5-3-6-10-21)27-26(31)35-18-22-11-7-4-8-12-22/h3-12,19-20,23,28H,13-18H2,1-2H3,(H,27,31). The normalized spacial score (nSPS) is 13.2. The minimum absolute atomic E-state index is 0.00121. The Morgan fingerprint density at radius 1 is 0.829 bits per heavy atom. The van der Waals surface area contributed by atoms with Gasteiger partial charge in [-0.15, -0.1) is 0 Å². The van der Waals surface area contributed by atoms with Crippen LogP contribution in [0.1, 0.15) is 37.8 Å². The van der Waals surface area contributed by atoms with Gasteiger partial charge in [-0.25, -0.2) is 9.59 Å². The number of alkyl carbamates (subject to hydrolysis) is 1. The number of amides is 1. The van der Waals surface area contributed by atoms with Crippen molar-refractivity contribution < 1.29 is 38.4 Å². The average molecular weight is 488 g/mol. The summed E-state index contributed by atoms with van der Waals surface area (Å²) in [5.74, 6) is -1.25. The molecule has 1 amide bonds. The Morgan fingerprint density at radius 3 is 1.97 bits per heavy atom. The molecule has 2 rings (SSSR count). The summed E-state index contributed by atoms with van der Waals surface area (Å²) in [6.07, 6.45) is -1.98. The number of nitrogens with one attached hydrogen (secondary N) is 1. The second kappa shape index (κ2) is 15.5. The van der Waals surface area contributed by atoms with Gasteiger partial charge >= 0.3 is 18.0 Å². The van der Waals surface area contributed by atoms with Crippen LogP contribution in [0, 0.1) is 0 Å². The topological polar surface area (TPSA) is 120 Å². The van der Waals surface area contributed by atoms with Crippen LogP contribution < -0.4 is 5.32 Å². The largest absolute Gasteiger partial charge is 0.463 e. The Hall–Kier alpha value is -3.43. The first kappa shape index (κ1) is 27.8. The zero-order valence-electron chi connectivity index (χ0n) is 20.1. The SMILES string of the molecule is CC(O)COC(C)COC(=O)CCC(NC(=O)OCc1ccccc1)C(=O)OCc1ccccc1. The highest BCUT2D eigenvalue weighted by atomic mass is 16.6. The van der Waals surface area contributed by atoms with Crippen LogP contribution in [0.3, 0.4) is 0 Å². The van der Waals surface area contributed by atoms with Crippen LogP contribution in [0.15, 0.2) is 60.7 Å². The molecule has 0 heterocycles. The van der Waals surface area contributed by atoms with Crippen molar-refractivity contribution in [3.8, 4) is 0 Å². The average Bonchev–Trinajstić information content (AvgIpc) is 2.87. The summed E-state index contributed by atoms with van der Waals surface area (Å²) < 4.78 is 21.0. The van der Waals surface area contributed by atoms with Crippen molar-refractivity contribution >= 4 is 18.0 Å². The number of carbonyl (C=O) groups excluding carboxylic acids is 3. The molecule has 2 aromatic carbocycles. The number of aliphatic hydroxyl groups excluding tert-OH is 1. The van der Waals surface area contributed by atoms with Gasteiger partial charge < -0.3 is 29.4 Å². The Bertz CT molecular complexity index is 904. The maximum atomic E-state index is 12.7. The van der Waals surface area contributed by atoms with Crippen LogP contribution in [-0.2, 0) is 41.8 Å². The first-order valence-corrected chi connectivity index (χ1v) is 11.5. The smallest absolute Gasteiger partial charge is 0.408 e. The molecule has 0 aliphatic heterocycles. The molecule has 9 nitrogen and oxygen atoms in total. The molecular formula is C26H33NO8. The Balaban J connectivity index is 1.87. The fourth-order valence-electron chi connectivity index (χ4n) is 2.88. The van der Waals surface area contributed by atoms with Crippen LogP contribution in [0.25, 0.3) is 0 Å². The Morgan fingerprint density at radius 2 is 1.40 bits per heavy atom. The summed E-state index contributed by atoms with van der Waals surface area (Å²) in [5, 5.41) is 11.7. The van der Waals surface area contributed by atoms with Gasteiger partial charge in [0.2, 0.25) is 0 Å². The summed E-state index contributed by atoms with van der Waals surface area (Å²) in [4.78, 5) is 37.1. The summed E-state index contributed by atoms with van der Waals surface area (Å²) in [6, 6.07) is 17.1. The molecule has 3 atom stereocenters. The molecule has 2 N–H and O–H groups in total. The molecule has 0 spiro atoms. The maximum Gasteiger partial charge on any atom is 0.408 e. The van der Waals surface area contributed by atoms with Gasteiger partial charge in [-0.1, -0.05) is 60.7 Å². The van der Waals surface area contributed by atoms with E-state index in [0.29, 0.717) is 0 Å². The third kappa shape index (κ3) is 12.0. The zero-order chi connectivity index (χ0) is 25.5. The van der Waals surface area contributed by atoms with E-state index in [4.69, 9.17) is 18.9 Å². The molecule has 0 fully saturated rings. The zero-order valence-corrected chi connectivity index (χ0v) is 20.1. The molecule has 0 saturated carbocycles. The second-order valence-electron chi connectivity index (χ2n) is 8.07. The van der Waals surface area contributed by atoms with Crippen molar-refractivity contribution in [2.24, 2.45) is 0 Å². The highest BCUT2D eigenvalue weighted by Crippen LogP contribution is 2.08. The number of hydrogen-bond acceptors (Lipinski definition) is 8. The van der Waals surface area contributed by atoms with Crippen LogP contribution in [0.2, 0.25) is 0 Å². The van der Waals surface area contributed by atoms with E-state index in [2.05, 4.69) is 5.32 Å². The molecule has 190 valence electrons. The number of ether oxygens (including phenoxy) is 4. The van der Waals surface area contributed by atoms with Crippen molar-refractivity contribution in [1.82, 2.24) is 5.32 Å². The van der Waals surface area contributed by atoms with Gasteiger partial charge in [-0.3, -0.25) is 4.79 Å². The van der Waals surface area contributed by atoms with E-state index in [0.717, 1.165) is 11.1 Å². The molecule has 0 aliphatic rings. The van der Waals surface area contributed by atoms with Crippen LogP contribution >= 0.6 is 0 Å². The van der Waals surface area contributed by atoms with Crippen molar-refractivity contribution in [2.45, 2.75) is 58.2 Å². The third-order valence-electron chi connectivity index (χ3n) is 4.75. The number of hydrogen-bond donors (Lipinski definition) is 2. The van der Waals surface area contributed by atoms with Crippen LogP contribution in [-0.4, -0.2) is 54.6 Å². The Labute approximate surface area is 205 Å². The summed E-state index contributed by atoms with van der Waals surface area (Å²) in [6.45, 7) is 3.49. The van der Waals surface area contributed by atoms with Crippen molar-refractivity contribution in [2.75, 3.05) is 13.2 Å². The molecule has 9 heteroatoms. The van der Waals surface area contributed by atoms with Gasteiger partial charge in [0.05, 0.1) is 18.8 Å². The van der Waals surface area contributed by atoms with Crippen molar-refractivity contribution in [3.63, 3.8) is 0 Å². The second-order valence-corrected chi connectivity index (χ2v) is 8.07. The number of aliphatic hydroxyl groups is 1. The molecule has 0 radical (unpaired) electrons. The fourth-order valence-corrected chi connectivity index (χ4v) is 2.88. The molecule has 0 bridgehead atoms. The molecule has 0 saturated heterocycles. The number of benzene rings is 2. The monoisotopic (exact) mass is 487 g/mol. The van der Waals surface area contributed by atoms with Crippen LogP contribution in [0.4, 0.5) is 4.79 Å². The Kier molecular flexibility index (Phi) is 12.3. The lowest BCUT2D eigenvalue weighted by molar-refractivity contribution is -0.150. The first-order chi connectivity index (χ1) is 16.8. The lowest BCUT2D eigenvalue weighted by atomic mass is 10.1. The molecular weight excluding hydrogens is 454 g/mol. The first-order valence-electron chi connectivity index (χ1n) is 11.5. The lowest BCUT2D eigenvalue weighted by Crippen LogP contribution is -2.42. The number of esters is 2. The van der Waals surface area contributed by atoms with E-state index in [1.807, 2.05) is 48.5 Å². The lowest BCUT2D eigenvalue weighted by Gasteiger charge is -2.18.